The molecule has 0 saturated heterocycles. The summed E-state index contributed by atoms with van der Waals surface area (Å²) in [5.41, 5.74) is -1.37. The van der Waals surface area contributed by atoms with Gasteiger partial charge in [-0.3, -0.25) is 9.79 Å². The van der Waals surface area contributed by atoms with Gasteiger partial charge < -0.3 is 14.8 Å². The highest BCUT2D eigenvalue weighted by atomic mass is 19.4. The first-order valence-electron chi connectivity index (χ1n) is 7.63. The molecule has 0 saturated carbocycles. The number of amides is 1. The Morgan fingerprint density at radius 3 is 2.42 bits per heavy atom. The lowest BCUT2D eigenvalue weighted by atomic mass is 9.89. The summed E-state index contributed by atoms with van der Waals surface area (Å²) in [6.45, 7) is 1.79. The summed E-state index contributed by atoms with van der Waals surface area (Å²) >= 11 is 0. The third kappa shape index (κ3) is 5.75. The van der Waals surface area contributed by atoms with Crippen molar-refractivity contribution in [2.75, 3.05) is 26.1 Å². The van der Waals surface area contributed by atoms with E-state index in [4.69, 9.17) is 4.74 Å². The molecule has 0 aromatic heterocycles. The van der Waals surface area contributed by atoms with E-state index >= 15 is 0 Å². The summed E-state index contributed by atoms with van der Waals surface area (Å²) in [6.07, 6.45) is -3.60. The molecule has 144 valence electrons. The Morgan fingerprint density at radius 2 is 1.88 bits per heavy atom. The van der Waals surface area contributed by atoms with Crippen molar-refractivity contribution >= 4 is 23.8 Å². The average molecular weight is 374 g/mol. The zero-order valence-corrected chi connectivity index (χ0v) is 14.9. The number of nitrogens with one attached hydrogen (secondary N) is 1. The van der Waals surface area contributed by atoms with Gasteiger partial charge in [0.2, 0.25) is 5.91 Å². The van der Waals surface area contributed by atoms with E-state index in [0.29, 0.717) is 5.69 Å². The maximum atomic E-state index is 12.7. The molecule has 9 heteroatoms. The van der Waals surface area contributed by atoms with E-state index in [-0.39, 0.29) is 24.3 Å². The molecule has 0 aliphatic carbocycles. The topological polar surface area (TPSA) is 77.0 Å². The van der Waals surface area contributed by atoms with Gasteiger partial charge in [0, 0.05) is 6.21 Å². The standard InChI is InChI=1S/C17H21F3N2O4/c1-16(2,17(18,19)20)7-8-21-10-14(23)22-12-6-5-11(15(24)26-4)9-13(12)25-3/h5-6,8-9H,7,10H2,1-4H3,(H,22,23)/b21-8+. The Morgan fingerprint density at radius 1 is 1.23 bits per heavy atom. The molecule has 26 heavy (non-hydrogen) atoms. The van der Waals surface area contributed by atoms with Crippen molar-refractivity contribution in [3.05, 3.63) is 23.8 Å². The predicted molar refractivity (Wildman–Crippen MR) is 90.8 cm³/mol. The van der Waals surface area contributed by atoms with Crippen molar-refractivity contribution < 1.29 is 32.2 Å². The number of carbonyl (C=O) groups excluding carboxylic acids is 2. The van der Waals surface area contributed by atoms with Crippen LogP contribution in [0.15, 0.2) is 23.2 Å². The number of benzene rings is 1. The number of methoxy groups -OCH3 is 2. The first-order valence-corrected chi connectivity index (χ1v) is 7.63. The molecule has 6 nitrogen and oxygen atoms in total. The Kier molecular flexibility index (Phi) is 7.17. The quantitative estimate of drug-likeness (QED) is 0.586. The van der Waals surface area contributed by atoms with Gasteiger partial charge in [-0.25, -0.2) is 4.79 Å². The molecule has 0 bridgehead atoms. The minimum Gasteiger partial charge on any atom is -0.495 e. The summed E-state index contributed by atoms with van der Waals surface area (Å²) in [6, 6.07) is 4.30. The molecule has 0 atom stereocenters. The molecule has 1 rings (SSSR count). The second-order valence-electron chi connectivity index (χ2n) is 6.06. The van der Waals surface area contributed by atoms with Crippen LogP contribution in [0.2, 0.25) is 0 Å². The van der Waals surface area contributed by atoms with Gasteiger partial charge in [-0.15, -0.1) is 0 Å². The van der Waals surface area contributed by atoms with E-state index in [2.05, 4.69) is 15.0 Å². The Hall–Kier alpha value is -2.58. The second-order valence-corrected chi connectivity index (χ2v) is 6.06. The van der Waals surface area contributed by atoms with Crippen LogP contribution in [0.4, 0.5) is 18.9 Å². The second kappa shape index (κ2) is 8.68. The van der Waals surface area contributed by atoms with Crippen molar-refractivity contribution in [1.82, 2.24) is 0 Å². The van der Waals surface area contributed by atoms with Gasteiger partial charge in [0.05, 0.1) is 30.9 Å². The predicted octanol–water partition coefficient (Wildman–Crippen LogP) is 3.47. The molecule has 0 aliphatic rings. The normalized spacial score (nSPS) is 12.1. The molecule has 1 aromatic rings. The first-order chi connectivity index (χ1) is 12.0. The van der Waals surface area contributed by atoms with E-state index in [1.54, 1.807) is 0 Å². The lowest BCUT2D eigenvalue weighted by Crippen LogP contribution is -2.32. The van der Waals surface area contributed by atoms with Crippen molar-refractivity contribution in [3.8, 4) is 5.75 Å². The molecule has 1 aromatic carbocycles. The molecule has 0 fully saturated rings. The fraction of sp³-hybridized carbons (Fsp3) is 0.471. The Labute approximate surface area is 149 Å². The zero-order valence-electron chi connectivity index (χ0n) is 14.9. The number of ether oxygens (including phenoxy) is 2. The van der Waals surface area contributed by atoms with Crippen LogP contribution < -0.4 is 10.1 Å². The highest BCUT2D eigenvalue weighted by molar-refractivity contribution is 5.96. The first kappa shape index (κ1) is 21.5. The third-order valence-corrected chi connectivity index (χ3v) is 3.63. The Balaban J connectivity index is 2.68. The highest BCUT2D eigenvalue weighted by Gasteiger charge is 2.46. The van der Waals surface area contributed by atoms with E-state index in [0.717, 1.165) is 20.1 Å². The Bertz CT molecular complexity index is 685. The van der Waals surface area contributed by atoms with Gasteiger partial charge in [-0.2, -0.15) is 13.2 Å². The van der Waals surface area contributed by atoms with Gasteiger partial charge >= 0.3 is 12.1 Å². The summed E-state index contributed by atoms with van der Waals surface area (Å²) in [4.78, 5) is 27.1. The lowest BCUT2D eigenvalue weighted by molar-refractivity contribution is -0.208. The number of anilines is 1. The van der Waals surface area contributed by atoms with Gasteiger partial charge in [0.25, 0.3) is 0 Å². The zero-order chi connectivity index (χ0) is 20.0. The van der Waals surface area contributed by atoms with Crippen molar-refractivity contribution in [2.45, 2.75) is 26.4 Å². The van der Waals surface area contributed by atoms with E-state index in [1.807, 2.05) is 0 Å². The van der Waals surface area contributed by atoms with Crippen LogP contribution in [-0.2, 0) is 9.53 Å². The molecule has 0 unspecified atom stereocenters. The monoisotopic (exact) mass is 374 g/mol. The minimum atomic E-state index is -4.35. The van der Waals surface area contributed by atoms with Gasteiger partial charge in [0.1, 0.15) is 12.3 Å². The minimum absolute atomic E-state index is 0.239. The van der Waals surface area contributed by atoms with Crippen LogP contribution in [-0.4, -0.2) is 45.0 Å². The SMILES string of the molecule is COC(=O)c1ccc(NC(=O)C/N=C/CC(C)(C)C(F)(F)F)c(OC)c1. The van der Waals surface area contributed by atoms with Gasteiger partial charge in [0.15, 0.2) is 0 Å². The van der Waals surface area contributed by atoms with Crippen LogP contribution in [0, 0.1) is 5.41 Å². The molecular weight excluding hydrogens is 353 g/mol. The molecule has 0 spiro atoms. The highest BCUT2D eigenvalue weighted by Crippen LogP contribution is 2.39. The largest absolute Gasteiger partial charge is 0.495 e. The molecular formula is C17H21F3N2O4. The molecule has 1 amide bonds. The van der Waals surface area contributed by atoms with E-state index in [9.17, 15) is 22.8 Å². The number of carbonyl (C=O) groups is 2. The number of aliphatic imine (C=N–C) groups is 1. The van der Waals surface area contributed by atoms with E-state index in [1.165, 1.54) is 32.4 Å². The molecule has 0 heterocycles. The maximum absolute atomic E-state index is 12.7. The summed E-state index contributed by atoms with van der Waals surface area (Å²) in [5.74, 6) is -0.850. The molecule has 1 N–H and O–H groups in total. The van der Waals surface area contributed by atoms with Crippen LogP contribution in [0.5, 0.6) is 5.75 Å². The van der Waals surface area contributed by atoms with Crippen LogP contribution >= 0.6 is 0 Å². The summed E-state index contributed by atoms with van der Waals surface area (Å²) < 4.78 is 47.8. The number of alkyl halides is 3. The fourth-order valence-corrected chi connectivity index (χ4v) is 1.78. The van der Waals surface area contributed by atoms with E-state index < -0.39 is 23.5 Å². The van der Waals surface area contributed by atoms with Crippen molar-refractivity contribution in [3.63, 3.8) is 0 Å². The number of esters is 1. The van der Waals surface area contributed by atoms with Crippen LogP contribution in [0.25, 0.3) is 0 Å². The third-order valence-electron chi connectivity index (χ3n) is 3.63. The van der Waals surface area contributed by atoms with Crippen LogP contribution in [0.1, 0.15) is 30.6 Å². The van der Waals surface area contributed by atoms with Gasteiger partial charge in [-0.05, 0) is 24.6 Å². The smallest absolute Gasteiger partial charge is 0.394 e. The number of hydrogen-bond donors (Lipinski definition) is 1. The number of hydrogen-bond acceptors (Lipinski definition) is 5. The number of halogens is 3. The molecule has 0 aliphatic heterocycles. The van der Waals surface area contributed by atoms with Gasteiger partial charge in [-0.1, -0.05) is 13.8 Å². The molecule has 0 radical (unpaired) electrons. The van der Waals surface area contributed by atoms with Crippen molar-refractivity contribution in [2.24, 2.45) is 10.4 Å². The summed E-state index contributed by atoms with van der Waals surface area (Å²) in [7, 11) is 2.60. The average Bonchev–Trinajstić information content (AvgIpc) is 2.57. The number of nitrogens with zero attached hydrogens (tertiary/aromatic N) is 1. The fourth-order valence-electron chi connectivity index (χ4n) is 1.78. The van der Waals surface area contributed by atoms with Crippen molar-refractivity contribution in [1.29, 1.82) is 0 Å². The number of rotatable bonds is 7. The maximum Gasteiger partial charge on any atom is 0.394 e. The lowest BCUT2D eigenvalue weighted by Gasteiger charge is -2.25. The summed E-state index contributed by atoms with van der Waals surface area (Å²) in [5, 5.41) is 2.52. The van der Waals surface area contributed by atoms with Crippen LogP contribution in [0.3, 0.4) is 0 Å².